The predicted octanol–water partition coefficient (Wildman–Crippen LogP) is -7.05. The van der Waals surface area contributed by atoms with Gasteiger partial charge in [0.05, 0.1) is 21.6 Å². The van der Waals surface area contributed by atoms with Gasteiger partial charge in [-0.15, -0.1) is 4.99 Å². The standard InChI is InChI=1S/C37H49N23O13/c38-18-13-20(21(60(70)71)14-19(18)59(68)69)58(12-4-5-15-8-10-17(11-9-15)57-73-72)33(67)32(66)48-22(16-6-2-1-3-7-16)28(62)50-25(54-35(42)43)30(64)52-27(56-37(46)47)31(65)51-26(55-36(44)45)29(63)49-24(23(39)61)53-34(40)41/h1-11,13-14,22,24-27,33,57,67,72H,12,38H2,(H2,39,61)(H,48,66)(H,49,63)(H,50,62)(H,51,65)(H,52,64)(H4,40,41,53)(H4,42,43,54)(H4,44,45,55)(H4,46,47,56). The minimum Gasteiger partial charge on any atom is -0.393 e. The number of nitrogens with one attached hydrogen (secondary N) is 6. The molecule has 3 aromatic rings. The second kappa shape index (κ2) is 26.2. The van der Waals surface area contributed by atoms with Crippen molar-refractivity contribution in [2.24, 2.45) is 71.6 Å². The number of guanidine groups is 4. The number of aliphatic hydroxyl groups excluding tert-OH is 1. The van der Waals surface area contributed by atoms with E-state index in [-0.39, 0.29) is 5.56 Å². The number of nitro groups is 2. The quantitative estimate of drug-likeness (QED) is 0.00713. The number of primary amides is 1. The number of aliphatic hydroxyl groups is 1. The predicted molar refractivity (Wildman–Crippen MR) is 258 cm³/mol. The fourth-order valence-corrected chi connectivity index (χ4v) is 5.86. The SMILES string of the molecule is NC(=O)C(N=C(N)N)NC(=O)C(N=C(N)N)NC(=O)C(N=C(N)N)NC(=O)C(N=C(N)N)NC(=O)C(NC(=O)C(O)N(CC=Cc1ccc(NOO)cc1)c1cc(N)c([N+](=O)[O-])cc1[N+](=O)[O-])c1ccccc1. The third-order valence-electron chi connectivity index (χ3n) is 8.97. The molecule has 390 valence electrons. The monoisotopic (exact) mass is 1020 g/mol. The molecule has 0 aliphatic rings. The van der Waals surface area contributed by atoms with Crippen molar-refractivity contribution in [1.82, 2.24) is 26.6 Å². The van der Waals surface area contributed by atoms with E-state index < -0.39 is 135 Å². The minimum atomic E-state index is -2.48. The van der Waals surface area contributed by atoms with Crippen molar-refractivity contribution < 1.29 is 54.0 Å². The molecule has 0 fully saturated rings. The largest absolute Gasteiger partial charge is 0.393 e. The summed E-state index contributed by atoms with van der Waals surface area (Å²) in [7, 11) is 0. The number of nitrogens with two attached hydrogens (primary N) is 10. The number of anilines is 3. The molecule has 3 aromatic carbocycles. The van der Waals surface area contributed by atoms with Gasteiger partial charge in [0.15, 0.2) is 23.8 Å². The van der Waals surface area contributed by atoms with E-state index in [1.807, 2.05) is 16.0 Å². The van der Waals surface area contributed by atoms with Gasteiger partial charge in [-0.3, -0.25) is 49.0 Å². The molecule has 0 saturated carbocycles. The van der Waals surface area contributed by atoms with E-state index in [1.54, 1.807) is 0 Å². The van der Waals surface area contributed by atoms with Gasteiger partial charge in [0.1, 0.15) is 17.4 Å². The zero-order chi connectivity index (χ0) is 54.7. The molecule has 0 saturated heterocycles. The molecule has 73 heavy (non-hydrogen) atoms. The third-order valence-corrected chi connectivity index (χ3v) is 8.97. The van der Waals surface area contributed by atoms with Crippen molar-refractivity contribution in [1.29, 1.82) is 0 Å². The molecule has 0 aromatic heterocycles. The zero-order valence-electron chi connectivity index (χ0n) is 37.5. The highest BCUT2D eigenvalue weighted by Crippen LogP contribution is 2.37. The highest BCUT2D eigenvalue weighted by Gasteiger charge is 2.36. The second-order valence-electron chi connectivity index (χ2n) is 14.3. The van der Waals surface area contributed by atoms with Crippen molar-refractivity contribution in [2.45, 2.75) is 36.9 Å². The first kappa shape index (κ1) is 56.7. The molecule has 36 nitrogen and oxygen atoms in total. The summed E-state index contributed by atoms with van der Waals surface area (Å²) in [5, 5.41) is 54.6. The Balaban J connectivity index is 2.03. The van der Waals surface area contributed by atoms with Crippen LogP contribution in [0, 0.1) is 20.2 Å². The van der Waals surface area contributed by atoms with Gasteiger partial charge < -0.3 is 93.9 Å². The normalized spacial score (nSPS) is 13.1. The van der Waals surface area contributed by atoms with Gasteiger partial charge in [-0.1, -0.05) is 54.6 Å². The van der Waals surface area contributed by atoms with E-state index in [0.717, 1.165) is 6.07 Å². The fourth-order valence-electron chi connectivity index (χ4n) is 5.86. The van der Waals surface area contributed by atoms with E-state index in [4.69, 9.17) is 62.6 Å². The lowest BCUT2D eigenvalue weighted by Gasteiger charge is -2.30. The summed E-state index contributed by atoms with van der Waals surface area (Å²) in [5.41, 5.74) is 54.4. The number of amides is 6. The molecule has 0 aliphatic carbocycles. The summed E-state index contributed by atoms with van der Waals surface area (Å²) in [6, 6.07) is 12.4. The topological polar surface area (TPSA) is 623 Å². The van der Waals surface area contributed by atoms with Gasteiger partial charge in [-0.2, -0.15) is 0 Å². The van der Waals surface area contributed by atoms with Crippen LogP contribution in [0.2, 0.25) is 0 Å². The van der Waals surface area contributed by atoms with Crippen LogP contribution in [-0.4, -0.2) is 117 Å². The van der Waals surface area contributed by atoms with Crippen LogP contribution in [-0.2, 0) is 33.8 Å². The van der Waals surface area contributed by atoms with Crippen molar-refractivity contribution in [3.63, 3.8) is 0 Å². The maximum absolute atomic E-state index is 14.2. The first-order valence-electron chi connectivity index (χ1n) is 20.0. The molecule has 0 spiro atoms. The molecule has 6 atom stereocenters. The van der Waals surface area contributed by atoms with Crippen LogP contribution in [0.3, 0.4) is 0 Å². The lowest BCUT2D eigenvalue weighted by Crippen LogP contribution is -2.58. The van der Waals surface area contributed by atoms with E-state index in [9.17, 15) is 54.1 Å². The summed E-state index contributed by atoms with van der Waals surface area (Å²) in [5.74, 6) is -11.5. The van der Waals surface area contributed by atoms with Gasteiger partial charge >= 0.3 is 0 Å². The van der Waals surface area contributed by atoms with Gasteiger partial charge in [0.2, 0.25) is 36.8 Å². The Labute approximate surface area is 409 Å². The third kappa shape index (κ3) is 17.1. The highest BCUT2D eigenvalue weighted by atomic mass is 17.2. The Bertz CT molecular complexity index is 2690. The molecule has 3 rings (SSSR count). The first-order valence-corrected chi connectivity index (χ1v) is 20.0. The van der Waals surface area contributed by atoms with Crippen LogP contribution in [0.1, 0.15) is 17.2 Å². The Morgan fingerprint density at radius 3 is 1.52 bits per heavy atom. The molecule has 0 heterocycles. The van der Waals surface area contributed by atoms with Crippen LogP contribution in [0.15, 0.2) is 92.8 Å². The molecule has 28 N–H and O–H groups in total. The number of hydrogen-bond donors (Lipinski definition) is 18. The molecular formula is C37H49N23O13. The molecule has 36 heteroatoms. The number of nitrogen functional groups attached to an aromatic ring is 1. The van der Waals surface area contributed by atoms with Crippen molar-refractivity contribution in [2.75, 3.05) is 22.7 Å². The number of nitrogens with zero attached hydrogens (tertiary/aromatic N) is 7. The Morgan fingerprint density at radius 1 is 0.630 bits per heavy atom. The summed E-state index contributed by atoms with van der Waals surface area (Å²) in [6.45, 7) is -0.560. The van der Waals surface area contributed by atoms with Crippen LogP contribution >= 0.6 is 0 Å². The van der Waals surface area contributed by atoms with Gasteiger partial charge in [-0.25, -0.2) is 30.7 Å². The number of hydrogen-bond acceptors (Lipinski definition) is 20. The van der Waals surface area contributed by atoms with Gasteiger partial charge in [0, 0.05) is 6.54 Å². The van der Waals surface area contributed by atoms with E-state index in [2.05, 4.69) is 41.1 Å². The molecule has 6 unspecified atom stereocenters. The number of rotatable bonds is 25. The number of carbonyl (C=O) groups is 6. The summed E-state index contributed by atoms with van der Waals surface area (Å²) < 4.78 is 0. The van der Waals surface area contributed by atoms with Crippen LogP contribution in [0.25, 0.3) is 6.08 Å². The number of carbonyl (C=O) groups excluding carboxylic acids is 6. The minimum absolute atomic E-state index is 0.0360. The average molecular weight is 1020 g/mol. The number of benzene rings is 3. The molecular weight excluding hydrogens is 975 g/mol. The maximum atomic E-state index is 14.2. The van der Waals surface area contributed by atoms with Crippen LogP contribution in [0.4, 0.5) is 28.4 Å². The average Bonchev–Trinajstić information content (AvgIpc) is 3.30. The fraction of sp³-hybridized carbons (Fsp3) is 0.189. The Hall–Kier alpha value is -10.6. The molecule has 0 radical (unpaired) electrons. The van der Waals surface area contributed by atoms with Crippen molar-refractivity contribution in [3.8, 4) is 0 Å². The summed E-state index contributed by atoms with van der Waals surface area (Å²) in [6.07, 6.45) is -8.24. The van der Waals surface area contributed by atoms with E-state index in [0.29, 0.717) is 22.2 Å². The van der Waals surface area contributed by atoms with E-state index >= 15 is 0 Å². The number of nitro benzene ring substituents is 2. The first-order chi connectivity index (χ1) is 34.3. The van der Waals surface area contributed by atoms with Crippen LogP contribution in [0.5, 0.6) is 0 Å². The lowest BCUT2D eigenvalue weighted by atomic mass is 10.1. The van der Waals surface area contributed by atoms with Gasteiger partial charge in [0.25, 0.3) is 40.9 Å². The smallest absolute Gasteiger partial charge is 0.299 e. The molecule has 6 amide bonds. The second-order valence-corrected chi connectivity index (χ2v) is 14.3. The zero-order valence-corrected chi connectivity index (χ0v) is 37.5. The Kier molecular flexibility index (Phi) is 20.4. The van der Waals surface area contributed by atoms with Crippen LogP contribution < -0.4 is 94.3 Å². The lowest BCUT2D eigenvalue weighted by molar-refractivity contribution is -0.393. The molecule has 0 aliphatic heterocycles. The number of aliphatic imine (C=N–C) groups is 4. The summed E-state index contributed by atoms with van der Waals surface area (Å²) >= 11 is 0. The van der Waals surface area contributed by atoms with E-state index in [1.165, 1.54) is 66.7 Å². The van der Waals surface area contributed by atoms with Gasteiger partial charge in [-0.05, 0) is 29.3 Å². The summed E-state index contributed by atoms with van der Waals surface area (Å²) in [4.78, 5) is 121. The highest BCUT2D eigenvalue weighted by molar-refractivity contribution is 5.99. The Morgan fingerprint density at radius 2 is 1.08 bits per heavy atom. The maximum Gasteiger partial charge on any atom is 0.299 e. The van der Waals surface area contributed by atoms with Crippen molar-refractivity contribution >= 4 is 93.8 Å². The van der Waals surface area contributed by atoms with Crippen molar-refractivity contribution in [3.05, 3.63) is 104 Å². The molecule has 0 bridgehead atoms.